The number of ether oxygens (including phenoxy) is 1. The molecule has 0 aromatic heterocycles. The van der Waals surface area contributed by atoms with Crippen molar-refractivity contribution in [2.45, 2.75) is 6.42 Å². The van der Waals surface area contributed by atoms with E-state index in [4.69, 9.17) is 5.73 Å². The summed E-state index contributed by atoms with van der Waals surface area (Å²) < 4.78 is 4.65. The summed E-state index contributed by atoms with van der Waals surface area (Å²) in [5, 5.41) is 0. The Morgan fingerprint density at radius 2 is 2.06 bits per heavy atom. The van der Waals surface area contributed by atoms with Crippen molar-refractivity contribution in [1.29, 1.82) is 0 Å². The van der Waals surface area contributed by atoms with Gasteiger partial charge in [0, 0.05) is 24.3 Å². The number of hydrogen-bond donors (Lipinski definition) is 1. The average Bonchev–Trinajstić information content (AvgIpc) is 2.71. The Balaban J connectivity index is 2.15. The van der Waals surface area contributed by atoms with Gasteiger partial charge >= 0.3 is 5.97 Å². The molecule has 17 heavy (non-hydrogen) atoms. The molecule has 5 heteroatoms. The Kier molecular flexibility index (Phi) is 2.99. The van der Waals surface area contributed by atoms with Crippen LogP contribution in [-0.2, 0) is 14.3 Å². The van der Waals surface area contributed by atoms with Crippen molar-refractivity contribution in [3.05, 3.63) is 24.3 Å². The molecule has 90 valence electrons. The van der Waals surface area contributed by atoms with Gasteiger partial charge in [-0.3, -0.25) is 9.59 Å². The lowest BCUT2D eigenvalue weighted by atomic mass is 10.1. The van der Waals surface area contributed by atoms with Crippen LogP contribution >= 0.6 is 0 Å². The standard InChI is InChI=1S/C12H14N2O3/c1-17-12(16)8-6-11(15)14(7-8)10-4-2-9(13)3-5-10/h2-5,8H,6-7,13H2,1H3. The van der Waals surface area contributed by atoms with Gasteiger partial charge in [0.2, 0.25) is 5.91 Å². The van der Waals surface area contributed by atoms with Gasteiger partial charge in [0.25, 0.3) is 0 Å². The lowest BCUT2D eigenvalue weighted by molar-refractivity contribution is -0.145. The van der Waals surface area contributed by atoms with Crippen molar-refractivity contribution in [1.82, 2.24) is 0 Å². The van der Waals surface area contributed by atoms with Crippen molar-refractivity contribution in [2.24, 2.45) is 5.92 Å². The third-order valence-electron chi connectivity index (χ3n) is 2.86. The van der Waals surface area contributed by atoms with Crippen LogP contribution in [0, 0.1) is 5.92 Å². The van der Waals surface area contributed by atoms with Gasteiger partial charge < -0.3 is 15.4 Å². The second-order valence-electron chi connectivity index (χ2n) is 4.02. The Hall–Kier alpha value is -2.04. The summed E-state index contributed by atoms with van der Waals surface area (Å²) in [4.78, 5) is 24.7. The molecule has 0 aliphatic carbocycles. The molecular formula is C12H14N2O3. The number of carbonyl (C=O) groups excluding carboxylic acids is 2. The van der Waals surface area contributed by atoms with Crippen molar-refractivity contribution >= 4 is 23.3 Å². The van der Waals surface area contributed by atoms with Crippen LogP contribution in [0.2, 0.25) is 0 Å². The van der Waals surface area contributed by atoms with Gasteiger partial charge in [-0.25, -0.2) is 0 Å². The van der Waals surface area contributed by atoms with Crippen LogP contribution in [0.15, 0.2) is 24.3 Å². The summed E-state index contributed by atoms with van der Waals surface area (Å²) >= 11 is 0. The molecule has 1 fully saturated rings. The Morgan fingerprint density at radius 3 is 2.65 bits per heavy atom. The maximum Gasteiger partial charge on any atom is 0.311 e. The summed E-state index contributed by atoms with van der Waals surface area (Å²) in [6.45, 7) is 0.370. The zero-order chi connectivity index (χ0) is 12.4. The SMILES string of the molecule is COC(=O)C1CC(=O)N(c2ccc(N)cc2)C1. The summed E-state index contributed by atoms with van der Waals surface area (Å²) in [6.07, 6.45) is 0.205. The summed E-state index contributed by atoms with van der Waals surface area (Å²) in [5.74, 6) is -0.772. The van der Waals surface area contributed by atoms with Crippen molar-refractivity contribution in [3.8, 4) is 0 Å². The number of carbonyl (C=O) groups is 2. The Bertz CT molecular complexity index is 442. The van der Waals surface area contributed by atoms with Crippen LogP contribution in [0.4, 0.5) is 11.4 Å². The first-order valence-electron chi connectivity index (χ1n) is 5.35. The van der Waals surface area contributed by atoms with Gasteiger partial charge in [0.05, 0.1) is 13.0 Å². The van der Waals surface area contributed by atoms with E-state index in [2.05, 4.69) is 4.74 Å². The molecule has 2 rings (SSSR count). The third-order valence-corrected chi connectivity index (χ3v) is 2.86. The van der Waals surface area contributed by atoms with Gasteiger partial charge in [-0.2, -0.15) is 0 Å². The van der Waals surface area contributed by atoms with Gasteiger partial charge in [-0.1, -0.05) is 0 Å². The number of esters is 1. The molecule has 5 nitrogen and oxygen atoms in total. The van der Waals surface area contributed by atoms with Crippen LogP contribution in [0.5, 0.6) is 0 Å². The first-order chi connectivity index (χ1) is 8.11. The van der Waals surface area contributed by atoms with Crippen LogP contribution in [0.3, 0.4) is 0 Å². The highest BCUT2D eigenvalue weighted by Crippen LogP contribution is 2.26. The number of nitrogens with zero attached hydrogens (tertiary/aromatic N) is 1. The second-order valence-corrected chi connectivity index (χ2v) is 4.02. The molecule has 1 saturated heterocycles. The molecule has 0 bridgehead atoms. The molecule has 1 aromatic carbocycles. The van der Waals surface area contributed by atoms with E-state index in [1.807, 2.05) is 0 Å². The predicted octanol–water partition coefficient (Wildman–Crippen LogP) is 0.795. The average molecular weight is 234 g/mol. The van der Waals surface area contributed by atoms with Gasteiger partial charge in [0.15, 0.2) is 0 Å². The second kappa shape index (κ2) is 4.45. The highest BCUT2D eigenvalue weighted by molar-refractivity contribution is 5.99. The number of methoxy groups -OCH3 is 1. The molecule has 1 unspecified atom stereocenters. The van der Waals surface area contributed by atoms with Gasteiger partial charge in [-0.15, -0.1) is 0 Å². The van der Waals surface area contributed by atoms with Crippen molar-refractivity contribution in [3.63, 3.8) is 0 Å². The number of benzene rings is 1. The van der Waals surface area contributed by atoms with Gasteiger partial charge in [0.1, 0.15) is 0 Å². The van der Waals surface area contributed by atoms with Crippen molar-refractivity contribution < 1.29 is 14.3 Å². The summed E-state index contributed by atoms with van der Waals surface area (Å²) in [6, 6.07) is 7.00. The minimum atomic E-state index is -0.370. The maximum absolute atomic E-state index is 11.8. The highest BCUT2D eigenvalue weighted by Gasteiger charge is 2.35. The third kappa shape index (κ3) is 2.22. The first-order valence-corrected chi connectivity index (χ1v) is 5.35. The molecule has 0 spiro atoms. The fourth-order valence-corrected chi connectivity index (χ4v) is 1.94. The Morgan fingerprint density at radius 1 is 1.41 bits per heavy atom. The lowest BCUT2D eigenvalue weighted by Crippen LogP contribution is -2.26. The normalized spacial score (nSPS) is 19.5. The lowest BCUT2D eigenvalue weighted by Gasteiger charge is -2.16. The largest absolute Gasteiger partial charge is 0.469 e. The summed E-state index contributed by atoms with van der Waals surface area (Å²) in [5.41, 5.74) is 6.98. The minimum absolute atomic E-state index is 0.0647. The zero-order valence-corrected chi connectivity index (χ0v) is 9.55. The van der Waals surface area contributed by atoms with E-state index >= 15 is 0 Å². The van der Waals surface area contributed by atoms with E-state index in [-0.39, 0.29) is 24.2 Å². The van der Waals surface area contributed by atoms with E-state index in [0.29, 0.717) is 12.2 Å². The number of nitrogen functional groups attached to an aromatic ring is 1. The fraction of sp³-hybridized carbons (Fsp3) is 0.333. The smallest absolute Gasteiger partial charge is 0.311 e. The first kappa shape index (κ1) is 11.4. The van der Waals surface area contributed by atoms with Crippen LogP contribution in [-0.4, -0.2) is 25.5 Å². The molecule has 0 radical (unpaired) electrons. The topological polar surface area (TPSA) is 72.6 Å². The van der Waals surface area contributed by atoms with Crippen LogP contribution in [0.25, 0.3) is 0 Å². The Labute approximate surface area is 99.2 Å². The van der Waals surface area contributed by atoms with E-state index in [1.165, 1.54) is 7.11 Å². The quantitative estimate of drug-likeness (QED) is 0.606. The monoisotopic (exact) mass is 234 g/mol. The number of hydrogen-bond acceptors (Lipinski definition) is 4. The van der Waals surface area contributed by atoms with Crippen LogP contribution in [0.1, 0.15) is 6.42 Å². The molecule has 2 N–H and O–H groups in total. The van der Waals surface area contributed by atoms with Crippen molar-refractivity contribution in [2.75, 3.05) is 24.3 Å². The zero-order valence-electron chi connectivity index (χ0n) is 9.55. The van der Waals surface area contributed by atoms with E-state index in [0.717, 1.165) is 5.69 Å². The number of anilines is 2. The molecular weight excluding hydrogens is 220 g/mol. The van der Waals surface area contributed by atoms with E-state index in [1.54, 1.807) is 29.2 Å². The molecule has 0 saturated carbocycles. The molecule has 1 aromatic rings. The maximum atomic E-state index is 11.8. The molecule has 1 atom stereocenters. The molecule has 1 aliphatic rings. The number of amides is 1. The molecule has 1 heterocycles. The summed E-state index contributed by atoms with van der Waals surface area (Å²) in [7, 11) is 1.33. The fourth-order valence-electron chi connectivity index (χ4n) is 1.94. The minimum Gasteiger partial charge on any atom is -0.469 e. The number of nitrogens with two attached hydrogens (primary N) is 1. The van der Waals surface area contributed by atoms with E-state index < -0.39 is 0 Å². The highest BCUT2D eigenvalue weighted by atomic mass is 16.5. The van der Waals surface area contributed by atoms with E-state index in [9.17, 15) is 9.59 Å². The molecule has 1 aliphatic heterocycles. The van der Waals surface area contributed by atoms with Gasteiger partial charge in [-0.05, 0) is 24.3 Å². The molecule has 1 amide bonds. The number of rotatable bonds is 2. The predicted molar refractivity (Wildman–Crippen MR) is 63.3 cm³/mol. The van der Waals surface area contributed by atoms with Crippen LogP contribution < -0.4 is 10.6 Å².